The predicted octanol–water partition coefficient (Wildman–Crippen LogP) is 3.08. The predicted molar refractivity (Wildman–Crippen MR) is 79.4 cm³/mol. The van der Waals surface area contributed by atoms with Gasteiger partial charge in [0.05, 0.1) is 6.10 Å². The third-order valence-electron chi connectivity index (χ3n) is 2.75. The zero-order chi connectivity index (χ0) is 14.4. The van der Waals surface area contributed by atoms with Gasteiger partial charge in [0, 0.05) is 6.04 Å². The second-order valence-corrected chi connectivity index (χ2v) is 5.62. The van der Waals surface area contributed by atoms with Crippen molar-refractivity contribution in [2.45, 2.75) is 59.6 Å². The average molecular weight is 266 g/mol. The molecule has 1 aromatic rings. The highest BCUT2D eigenvalue weighted by Crippen LogP contribution is 2.26. The SMILES string of the molecule is CC(C)CCC(C)Nc1ncnc(OC(C)C)c1N. The Bertz CT molecular complexity index is 393. The molecular formula is C14H26N4O. The van der Waals surface area contributed by atoms with E-state index in [4.69, 9.17) is 10.5 Å². The Morgan fingerprint density at radius 2 is 1.84 bits per heavy atom. The molecule has 19 heavy (non-hydrogen) atoms. The van der Waals surface area contributed by atoms with E-state index in [2.05, 4.69) is 36.1 Å². The summed E-state index contributed by atoms with van der Waals surface area (Å²) in [5, 5.41) is 3.32. The van der Waals surface area contributed by atoms with Crippen molar-refractivity contribution in [2.75, 3.05) is 11.1 Å². The van der Waals surface area contributed by atoms with Crippen LogP contribution in [0.25, 0.3) is 0 Å². The van der Waals surface area contributed by atoms with Gasteiger partial charge in [-0.1, -0.05) is 13.8 Å². The summed E-state index contributed by atoms with van der Waals surface area (Å²) in [6, 6.07) is 0.325. The molecule has 1 heterocycles. The Morgan fingerprint density at radius 1 is 1.16 bits per heavy atom. The summed E-state index contributed by atoms with van der Waals surface area (Å²) in [5.41, 5.74) is 6.50. The minimum Gasteiger partial charge on any atom is -0.473 e. The molecule has 3 N–H and O–H groups in total. The van der Waals surface area contributed by atoms with E-state index in [0.29, 0.717) is 29.3 Å². The van der Waals surface area contributed by atoms with E-state index in [-0.39, 0.29) is 6.10 Å². The Hall–Kier alpha value is -1.52. The van der Waals surface area contributed by atoms with Gasteiger partial charge in [0.25, 0.3) is 0 Å². The normalized spacial score (nSPS) is 12.8. The largest absolute Gasteiger partial charge is 0.473 e. The van der Waals surface area contributed by atoms with E-state index in [1.54, 1.807) is 0 Å². The fourth-order valence-electron chi connectivity index (χ4n) is 1.70. The highest BCUT2D eigenvalue weighted by molar-refractivity contribution is 5.66. The molecule has 0 aromatic carbocycles. The maximum Gasteiger partial charge on any atom is 0.242 e. The number of aromatic nitrogens is 2. The minimum atomic E-state index is 0.0448. The van der Waals surface area contributed by atoms with Gasteiger partial charge in [-0.2, -0.15) is 4.98 Å². The maximum absolute atomic E-state index is 6.02. The van der Waals surface area contributed by atoms with Crippen molar-refractivity contribution in [1.29, 1.82) is 0 Å². The van der Waals surface area contributed by atoms with Gasteiger partial charge in [-0.3, -0.25) is 0 Å². The number of rotatable bonds is 7. The first kappa shape index (κ1) is 15.5. The number of nitrogens with one attached hydrogen (secondary N) is 1. The lowest BCUT2D eigenvalue weighted by Crippen LogP contribution is -2.19. The number of nitrogens with zero attached hydrogens (tertiary/aromatic N) is 2. The third kappa shape index (κ3) is 5.32. The molecular weight excluding hydrogens is 240 g/mol. The Kier molecular flexibility index (Phi) is 5.86. The molecule has 0 fully saturated rings. The van der Waals surface area contributed by atoms with Crippen LogP contribution in [-0.2, 0) is 0 Å². The molecule has 0 saturated heterocycles. The van der Waals surface area contributed by atoms with E-state index < -0.39 is 0 Å². The van der Waals surface area contributed by atoms with E-state index in [9.17, 15) is 0 Å². The Balaban J connectivity index is 2.67. The smallest absolute Gasteiger partial charge is 0.242 e. The van der Waals surface area contributed by atoms with Crippen LogP contribution in [0.5, 0.6) is 5.88 Å². The van der Waals surface area contributed by atoms with Gasteiger partial charge in [0.15, 0.2) is 5.82 Å². The lowest BCUT2D eigenvalue weighted by molar-refractivity contribution is 0.234. The summed E-state index contributed by atoms with van der Waals surface area (Å²) in [7, 11) is 0. The molecule has 0 aliphatic carbocycles. The van der Waals surface area contributed by atoms with E-state index in [1.807, 2.05) is 13.8 Å². The average Bonchev–Trinajstić information content (AvgIpc) is 2.31. The van der Waals surface area contributed by atoms with Crippen molar-refractivity contribution in [1.82, 2.24) is 9.97 Å². The second-order valence-electron chi connectivity index (χ2n) is 5.62. The van der Waals surface area contributed by atoms with E-state index in [1.165, 1.54) is 12.7 Å². The topological polar surface area (TPSA) is 73.1 Å². The van der Waals surface area contributed by atoms with Crippen molar-refractivity contribution in [3.63, 3.8) is 0 Å². The number of hydrogen-bond donors (Lipinski definition) is 2. The fraction of sp³-hybridized carbons (Fsp3) is 0.714. The fourth-order valence-corrected chi connectivity index (χ4v) is 1.70. The molecule has 1 unspecified atom stereocenters. The minimum absolute atomic E-state index is 0.0448. The zero-order valence-electron chi connectivity index (χ0n) is 12.6. The number of hydrogen-bond acceptors (Lipinski definition) is 5. The highest BCUT2D eigenvalue weighted by Gasteiger charge is 2.12. The van der Waals surface area contributed by atoms with Gasteiger partial charge in [-0.15, -0.1) is 0 Å². The molecule has 0 aliphatic rings. The van der Waals surface area contributed by atoms with Crippen molar-refractivity contribution in [3.8, 4) is 5.88 Å². The molecule has 0 aliphatic heterocycles. The van der Waals surface area contributed by atoms with Crippen LogP contribution in [0.3, 0.4) is 0 Å². The molecule has 1 aromatic heterocycles. The van der Waals surface area contributed by atoms with E-state index >= 15 is 0 Å². The molecule has 1 rings (SSSR count). The van der Waals surface area contributed by atoms with Gasteiger partial charge in [0.2, 0.25) is 5.88 Å². The quantitative estimate of drug-likeness (QED) is 0.793. The van der Waals surface area contributed by atoms with Crippen LogP contribution in [0, 0.1) is 5.92 Å². The third-order valence-corrected chi connectivity index (χ3v) is 2.75. The van der Waals surface area contributed by atoms with Gasteiger partial charge in [0.1, 0.15) is 12.0 Å². The standard InChI is InChI=1S/C14H26N4O/c1-9(2)6-7-11(5)18-13-12(15)14(17-8-16-13)19-10(3)4/h8-11H,6-7,15H2,1-5H3,(H,16,17,18). The zero-order valence-corrected chi connectivity index (χ0v) is 12.6. The maximum atomic E-state index is 6.02. The van der Waals surface area contributed by atoms with E-state index in [0.717, 1.165) is 6.42 Å². The number of nitrogen functional groups attached to an aromatic ring is 1. The van der Waals surface area contributed by atoms with Crippen molar-refractivity contribution in [3.05, 3.63) is 6.33 Å². The van der Waals surface area contributed by atoms with Gasteiger partial charge < -0.3 is 15.8 Å². The van der Waals surface area contributed by atoms with Gasteiger partial charge >= 0.3 is 0 Å². The summed E-state index contributed by atoms with van der Waals surface area (Å²) >= 11 is 0. The molecule has 108 valence electrons. The molecule has 0 saturated carbocycles. The molecule has 5 heteroatoms. The number of anilines is 2. The molecule has 0 spiro atoms. The molecule has 5 nitrogen and oxygen atoms in total. The first-order chi connectivity index (χ1) is 8.90. The van der Waals surface area contributed by atoms with Crippen LogP contribution in [0.4, 0.5) is 11.5 Å². The van der Waals surface area contributed by atoms with Crippen LogP contribution < -0.4 is 15.8 Å². The highest BCUT2D eigenvalue weighted by atomic mass is 16.5. The Morgan fingerprint density at radius 3 is 2.42 bits per heavy atom. The summed E-state index contributed by atoms with van der Waals surface area (Å²) < 4.78 is 5.55. The first-order valence-electron chi connectivity index (χ1n) is 6.93. The summed E-state index contributed by atoms with van der Waals surface area (Å²) in [6.45, 7) is 10.5. The lowest BCUT2D eigenvalue weighted by atomic mass is 10.0. The number of nitrogens with two attached hydrogens (primary N) is 1. The second kappa shape index (κ2) is 7.16. The van der Waals surface area contributed by atoms with Crippen LogP contribution in [0.15, 0.2) is 6.33 Å². The monoisotopic (exact) mass is 266 g/mol. The molecule has 1 atom stereocenters. The Labute approximate surface area is 116 Å². The van der Waals surface area contributed by atoms with Crippen molar-refractivity contribution < 1.29 is 4.74 Å². The molecule has 0 radical (unpaired) electrons. The molecule has 0 bridgehead atoms. The lowest BCUT2D eigenvalue weighted by Gasteiger charge is -2.18. The van der Waals surface area contributed by atoms with Crippen molar-refractivity contribution in [2.24, 2.45) is 5.92 Å². The summed E-state index contributed by atoms with van der Waals surface area (Å²) in [4.78, 5) is 8.25. The summed E-state index contributed by atoms with van der Waals surface area (Å²) in [6.07, 6.45) is 3.78. The van der Waals surface area contributed by atoms with Crippen LogP contribution in [0.1, 0.15) is 47.5 Å². The van der Waals surface area contributed by atoms with Crippen LogP contribution in [0.2, 0.25) is 0 Å². The van der Waals surface area contributed by atoms with Crippen LogP contribution in [-0.4, -0.2) is 22.1 Å². The summed E-state index contributed by atoms with van der Waals surface area (Å²) in [5.74, 6) is 1.80. The number of ether oxygens (including phenoxy) is 1. The van der Waals surface area contributed by atoms with Gasteiger partial charge in [-0.05, 0) is 39.5 Å². The van der Waals surface area contributed by atoms with Gasteiger partial charge in [-0.25, -0.2) is 4.98 Å². The van der Waals surface area contributed by atoms with Crippen molar-refractivity contribution >= 4 is 11.5 Å². The van der Waals surface area contributed by atoms with Crippen LogP contribution >= 0.6 is 0 Å². The first-order valence-corrected chi connectivity index (χ1v) is 6.93. The molecule has 0 amide bonds.